The second-order valence-corrected chi connectivity index (χ2v) is 3.79. The first-order valence-corrected chi connectivity index (χ1v) is 4.64. The molecular formula is C11H15N. The molecule has 12 heavy (non-hydrogen) atoms. The van der Waals surface area contributed by atoms with Crippen molar-refractivity contribution in [1.82, 2.24) is 4.98 Å². The zero-order valence-corrected chi connectivity index (χ0v) is 7.72. The van der Waals surface area contributed by atoms with Crippen molar-refractivity contribution in [3.05, 3.63) is 29.1 Å². The quantitative estimate of drug-likeness (QED) is 0.651. The minimum absolute atomic E-state index is 0.702. The summed E-state index contributed by atoms with van der Waals surface area (Å²) in [7, 11) is 0. The van der Waals surface area contributed by atoms with E-state index >= 15 is 0 Å². The van der Waals surface area contributed by atoms with E-state index in [1.807, 2.05) is 6.20 Å². The predicted molar refractivity (Wildman–Crippen MR) is 51.9 cm³/mol. The summed E-state index contributed by atoms with van der Waals surface area (Å²) in [4.78, 5) is 3.27. The van der Waals surface area contributed by atoms with Crippen molar-refractivity contribution in [1.29, 1.82) is 0 Å². The van der Waals surface area contributed by atoms with Gasteiger partial charge in [-0.15, -0.1) is 0 Å². The highest BCUT2D eigenvalue weighted by atomic mass is 14.7. The molecule has 64 valence electrons. The fourth-order valence-electron chi connectivity index (χ4n) is 1.76. The molecule has 1 heteroatoms. The van der Waals surface area contributed by atoms with Gasteiger partial charge >= 0.3 is 0 Å². The summed E-state index contributed by atoms with van der Waals surface area (Å²) in [5.41, 5.74) is 4.38. The lowest BCUT2D eigenvalue weighted by atomic mass is 9.91. The molecule has 2 rings (SSSR count). The van der Waals surface area contributed by atoms with Gasteiger partial charge in [-0.2, -0.15) is 0 Å². The minimum Gasteiger partial charge on any atom is -0.364 e. The van der Waals surface area contributed by atoms with E-state index in [9.17, 15) is 0 Å². The van der Waals surface area contributed by atoms with Crippen molar-refractivity contribution in [2.24, 2.45) is 5.92 Å². The number of rotatable bonds is 1. The molecule has 1 N–H and O–H groups in total. The van der Waals surface area contributed by atoms with Crippen molar-refractivity contribution in [3.8, 4) is 0 Å². The molecule has 1 aromatic heterocycles. The topological polar surface area (TPSA) is 15.8 Å². The number of allylic oxidation sites excluding steroid dienone is 1. The van der Waals surface area contributed by atoms with E-state index in [0.29, 0.717) is 5.92 Å². The van der Waals surface area contributed by atoms with Crippen LogP contribution in [0.25, 0.3) is 6.08 Å². The molecule has 0 amide bonds. The SMILES string of the molecule is CC(C)C1=Cc2cc[nH]c2CC1. The Morgan fingerprint density at radius 2 is 2.17 bits per heavy atom. The monoisotopic (exact) mass is 161 g/mol. The number of aromatic nitrogens is 1. The van der Waals surface area contributed by atoms with Crippen molar-refractivity contribution in [2.45, 2.75) is 26.7 Å². The van der Waals surface area contributed by atoms with E-state index in [4.69, 9.17) is 0 Å². The van der Waals surface area contributed by atoms with Crippen molar-refractivity contribution < 1.29 is 0 Å². The highest BCUT2D eigenvalue weighted by Gasteiger charge is 2.12. The van der Waals surface area contributed by atoms with Gasteiger partial charge in [-0.3, -0.25) is 0 Å². The molecule has 0 fully saturated rings. The molecule has 0 saturated carbocycles. The van der Waals surface area contributed by atoms with Crippen LogP contribution in [0.4, 0.5) is 0 Å². The third kappa shape index (κ3) is 1.20. The van der Waals surface area contributed by atoms with Crippen LogP contribution >= 0.6 is 0 Å². The fourth-order valence-corrected chi connectivity index (χ4v) is 1.76. The summed E-state index contributed by atoms with van der Waals surface area (Å²) in [6, 6.07) is 2.16. The number of nitrogens with one attached hydrogen (secondary N) is 1. The molecule has 0 spiro atoms. The Bertz CT molecular complexity index is 305. The maximum absolute atomic E-state index is 3.27. The first kappa shape index (κ1) is 7.66. The summed E-state index contributed by atoms with van der Waals surface area (Å²) >= 11 is 0. The van der Waals surface area contributed by atoms with Gasteiger partial charge < -0.3 is 4.98 Å². The van der Waals surface area contributed by atoms with Gasteiger partial charge in [-0.05, 0) is 30.4 Å². The first-order valence-electron chi connectivity index (χ1n) is 4.64. The standard InChI is InChI=1S/C11H15N/c1-8(2)9-3-4-11-10(7-9)5-6-12-11/h5-8,12H,3-4H2,1-2H3. The number of aryl methyl sites for hydroxylation is 1. The number of aromatic amines is 1. The van der Waals surface area contributed by atoms with Crippen LogP contribution < -0.4 is 0 Å². The van der Waals surface area contributed by atoms with Crippen molar-refractivity contribution in [2.75, 3.05) is 0 Å². The Balaban J connectivity index is 2.35. The van der Waals surface area contributed by atoms with Crippen molar-refractivity contribution >= 4 is 6.08 Å². The third-order valence-corrected chi connectivity index (χ3v) is 2.62. The largest absolute Gasteiger partial charge is 0.364 e. The number of hydrogen-bond donors (Lipinski definition) is 1. The average Bonchev–Trinajstić information content (AvgIpc) is 2.49. The Kier molecular flexibility index (Phi) is 1.80. The van der Waals surface area contributed by atoms with Crippen LogP contribution in [-0.2, 0) is 6.42 Å². The van der Waals surface area contributed by atoms with E-state index in [1.54, 1.807) is 5.57 Å². The molecule has 0 saturated heterocycles. The van der Waals surface area contributed by atoms with Gasteiger partial charge in [0, 0.05) is 11.9 Å². The molecule has 1 nitrogen and oxygen atoms in total. The molecule has 0 radical (unpaired) electrons. The van der Waals surface area contributed by atoms with Crippen molar-refractivity contribution in [3.63, 3.8) is 0 Å². The molecule has 0 unspecified atom stereocenters. The lowest BCUT2D eigenvalue weighted by Gasteiger charge is -2.16. The Morgan fingerprint density at radius 3 is 2.92 bits per heavy atom. The van der Waals surface area contributed by atoms with E-state index in [-0.39, 0.29) is 0 Å². The Hall–Kier alpha value is -0.980. The lowest BCUT2D eigenvalue weighted by molar-refractivity contribution is 0.705. The summed E-state index contributed by atoms with van der Waals surface area (Å²) in [5.74, 6) is 0.702. The predicted octanol–water partition coefficient (Wildman–Crippen LogP) is 3.00. The van der Waals surface area contributed by atoms with Crippen LogP contribution in [0, 0.1) is 5.92 Å². The molecule has 1 aliphatic carbocycles. The molecule has 1 aromatic rings. The molecule has 1 heterocycles. The van der Waals surface area contributed by atoms with E-state index in [2.05, 4.69) is 31.0 Å². The van der Waals surface area contributed by atoms with Crippen LogP contribution in [-0.4, -0.2) is 4.98 Å². The Labute approximate surface area is 73.5 Å². The molecular weight excluding hydrogens is 146 g/mol. The van der Waals surface area contributed by atoms with Gasteiger partial charge in [0.2, 0.25) is 0 Å². The normalized spacial score (nSPS) is 16.1. The third-order valence-electron chi connectivity index (χ3n) is 2.62. The molecule has 0 aromatic carbocycles. The molecule has 0 atom stereocenters. The van der Waals surface area contributed by atoms with Gasteiger partial charge in [0.25, 0.3) is 0 Å². The zero-order valence-electron chi connectivity index (χ0n) is 7.72. The van der Waals surface area contributed by atoms with E-state index in [0.717, 1.165) is 0 Å². The zero-order chi connectivity index (χ0) is 8.55. The van der Waals surface area contributed by atoms with Crippen LogP contribution in [0.5, 0.6) is 0 Å². The van der Waals surface area contributed by atoms with Gasteiger partial charge in [0.1, 0.15) is 0 Å². The number of fused-ring (bicyclic) bond motifs is 1. The summed E-state index contributed by atoms with van der Waals surface area (Å²) in [5, 5.41) is 0. The van der Waals surface area contributed by atoms with Crippen LogP contribution in [0.1, 0.15) is 31.5 Å². The minimum atomic E-state index is 0.702. The second kappa shape index (κ2) is 2.81. The van der Waals surface area contributed by atoms with Gasteiger partial charge in [-0.25, -0.2) is 0 Å². The first-order chi connectivity index (χ1) is 5.77. The van der Waals surface area contributed by atoms with Crippen LogP contribution in [0.15, 0.2) is 17.8 Å². The maximum atomic E-state index is 3.27. The molecule has 0 bridgehead atoms. The van der Waals surface area contributed by atoms with Crippen LogP contribution in [0.3, 0.4) is 0 Å². The Morgan fingerprint density at radius 1 is 1.33 bits per heavy atom. The highest BCUT2D eigenvalue weighted by molar-refractivity contribution is 5.58. The van der Waals surface area contributed by atoms with E-state index < -0.39 is 0 Å². The fraction of sp³-hybridized carbons (Fsp3) is 0.455. The number of hydrogen-bond acceptors (Lipinski definition) is 0. The van der Waals surface area contributed by atoms with E-state index in [1.165, 1.54) is 24.1 Å². The second-order valence-electron chi connectivity index (χ2n) is 3.79. The van der Waals surface area contributed by atoms with Gasteiger partial charge in [0.05, 0.1) is 0 Å². The highest BCUT2D eigenvalue weighted by Crippen LogP contribution is 2.26. The van der Waals surface area contributed by atoms with Gasteiger partial charge in [0.15, 0.2) is 0 Å². The smallest absolute Gasteiger partial charge is 0.0223 e. The summed E-state index contributed by atoms with van der Waals surface area (Å²) < 4.78 is 0. The number of H-pyrrole nitrogens is 1. The maximum Gasteiger partial charge on any atom is 0.0223 e. The summed E-state index contributed by atoms with van der Waals surface area (Å²) in [6.07, 6.45) is 6.78. The summed E-state index contributed by atoms with van der Waals surface area (Å²) in [6.45, 7) is 4.53. The average molecular weight is 161 g/mol. The van der Waals surface area contributed by atoms with Crippen LogP contribution in [0.2, 0.25) is 0 Å². The van der Waals surface area contributed by atoms with Gasteiger partial charge in [-0.1, -0.05) is 25.5 Å². The molecule has 1 aliphatic rings. The molecule has 0 aliphatic heterocycles. The lowest BCUT2D eigenvalue weighted by Crippen LogP contribution is -2.02.